The van der Waals surface area contributed by atoms with E-state index >= 15 is 0 Å². The summed E-state index contributed by atoms with van der Waals surface area (Å²) in [5.41, 5.74) is 3.80. The lowest BCUT2D eigenvalue weighted by atomic mass is 10.0. The van der Waals surface area contributed by atoms with E-state index in [1.54, 1.807) is 7.05 Å². The number of amides is 1. The van der Waals surface area contributed by atoms with Crippen LogP contribution in [0.2, 0.25) is 0 Å². The molecule has 0 fully saturated rings. The zero-order chi connectivity index (χ0) is 18.7. The highest BCUT2D eigenvalue weighted by molar-refractivity contribution is 5.98. The van der Waals surface area contributed by atoms with Gasteiger partial charge in [-0.05, 0) is 44.4 Å². The average Bonchev–Trinajstić information content (AvgIpc) is 2.83. The number of pyridine rings is 1. The smallest absolute Gasteiger partial charge is 0.254 e. The van der Waals surface area contributed by atoms with E-state index in [0.29, 0.717) is 11.4 Å². The van der Waals surface area contributed by atoms with Gasteiger partial charge < -0.3 is 15.5 Å². The summed E-state index contributed by atoms with van der Waals surface area (Å²) in [5, 5.41) is 6.01. The first-order chi connectivity index (χ1) is 12.5. The lowest BCUT2D eigenvalue weighted by Gasteiger charge is -2.19. The van der Waals surface area contributed by atoms with Crippen LogP contribution in [0.4, 0.5) is 11.8 Å². The SMILES string of the molecule is CNC(=O)c1cc2c(nc1NC(C)C)CCN(c1ncc(C)cn1)CC2. The minimum Gasteiger partial charge on any atom is -0.367 e. The van der Waals surface area contributed by atoms with Gasteiger partial charge in [-0.2, -0.15) is 0 Å². The predicted octanol–water partition coefficient (Wildman–Crippen LogP) is 1.97. The summed E-state index contributed by atoms with van der Waals surface area (Å²) in [6, 6.07) is 2.18. The largest absolute Gasteiger partial charge is 0.367 e. The summed E-state index contributed by atoms with van der Waals surface area (Å²) < 4.78 is 0. The summed E-state index contributed by atoms with van der Waals surface area (Å²) in [4.78, 5) is 28.1. The third kappa shape index (κ3) is 3.92. The van der Waals surface area contributed by atoms with E-state index in [-0.39, 0.29) is 11.9 Å². The number of carbonyl (C=O) groups excluding carboxylic acids is 1. The number of nitrogens with one attached hydrogen (secondary N) is 2. The minimum atomic E-state index is -0.119. The number of carbonyl (C=O) groups is 1. The fourth-order valence-corrected chi connectivity index (χ4v) is 3.07. The molecular weight excluding hydrogens is 328 g/mol. The van der Waals surface area contributed by atoms with E-state index in [4.69, 9.17) is 4.98 Å². The Kier molecular flexibility index (Phi) is 5.35. The number of hydrogen-bond donors (Lipinski definition) is 2. The Morgan fingerprint density at radius 3 is 2.54 bits per heavy atom. The molecule has 1 aliphatic heterocycles. The van der Waals surface area contributed by atoms with Crippen LogP contribution in [0.25, 0.3) is 0 Å². The second-order valence-corrected chi connectivity index (χ2v) is 6.92. The maximum Gasteiger partial charge on any atom is 0.254 e. The Bertz CT molecular complexity index is 787. The maximum absolute atomic E-state index is 12.3. The van der Waals surface area contributed by atoms with Crippen LogP contribution < -0.4 is 15.5 Å². The molecule has 2 N–H and O–H groups in total. The fourth-order valence-electron chi connectivity index (χ4n) is 3.07. The summed E-state index contributed by atoms with van der Waals surface area (Å²) >= 11 is 0. The molecule has 0 bridgehead atoms. The van der Waals surface area contributed by atoms with Gasteiger partial charge in [0, 0.05) is 50.7 Å². The number of fused-ring (bicyclic) bond motifs is 1. The van der Waals surface area contributed by atoms with Gasteiger partial charge in [-0.3, -0.25) is 4.79 Å². The molecule has 0 unspecified atom stereocenters. The zero-order valence-corrected chi connectivity index (χ0v) is 15.8. The number of nitrogens with zero attached hydrogens (tertiary/aromatic N) is 4. The third-order valence-electron chi connectivity index (χ3n) is 4.41. The topological polar surface area (TPSA) is 83.0 Å². The van der Waals surface area contributed by atoms with Crippen molar-refractivity contribution in [3.63, 3.8) is 0 Å². The van der Waals surface area contributed by atoms with Gasteiger partial charge in [0.15, 0.2) is 0 Å². The maximum atomic E-state index is 12.3. The summed E-state index contributed by atoms with van der Waals surface area (Å²) in [7, 11) is 1.64. The van der Waals surface area contributed by atoms with Gasteiger partial charge in [0.05, 0.1) is 5.56 Å². The average molecular weight is 354 g/mol. The number of rotatable bonds is 4. The van der Waals surface area contributed by atoms with Crippen molar-refractivity contribution in [2.45, 2.75) is 39.7 Å². The van der Waals surface area contributed by atoms with Crippen molar-refractivity contribution < 1.29 is 4.79 Å². The van der Waals surface area contributed by atoms with Crippen molar-refractivity contribution in [3.8, 4) is 0 Å². The van der Waals surface area contributed by atoms with E-state index in [9.17, 15) is 4.79 Å². The number of hydrogen-bond acceptors (Lipinski definition) is 6. The molecule has 1 aliphatic rings. The second kappa shape index (κ2) is 7.68. The van der Waals surface area contributed by atoms with Crippen LogP contribution in [0.15, 0.2) is 18.5 Å². The van der Waals surface area contributed by atoms with Crippen molar-refractivity contribution in [1.29, 1.82) is 0 Å². The van der Waals surface area contributed by atoms with Gasteiger partial charge >= 0.3 is 0 Å². The van der Waals surface area contributed by atoms with Gasteiger partial charge in [0.25, 0.3) is 5.91 Å². The summed E-state index contributed by atoms with van der Waals surface area (Å²) in [6.45, 7) is 7.68. The number of aryl methyl sites for hydroxylation is 1. The third-order valence-corrected chi connectivity index (χ3v) is 4.41. The fraction of sp³-hybridized carbons (Fsp3) is 0.474. The van der Waals surface area contributed by atoms with Crippen LogP contribution in [0, 0.1) is 6.92 Å². The first kappa shape index (κ1) is 18.1. The molecule has 2 aromatic rings. The van der Waals surface area contributed by atoms with E-state index in [0.717, 1.165) is 48.7 Å². The van der Waals surface area contributed by atoms with E-state index in [1.165, 1.54) is 0 Å². The second-order valence-electron chi connectivity index (χ2n) is 6.92. The van der Waals surface area contributed by atoms with E-state index in [1.807, 2.05) is 39.2 Å². The molecule has 138 valence electrons. The highest BCUT2D eigenvalue weighted by atomic mass is 16.1. The Morgan fingerprint density at radius 1 is 1.19 bits per heavy atom. The monoisotopic (exact) mass is 354 g/mol. The molecule has 3 heterocycles. The van der Waals surface area contributed by atoms with Gasteiger partial charge in [-0.25, -0.2) is 15.0 Å². The first-order valence-electron chi connectivity index (χ1n) is 9.03. The molecule has 2 aromatic heterocycles. The highest BCUT2D eigenvalue weighted by Gasteiger charge is 2.21. The van der Waals surface area contributed by atoms with Crippen LogP contribution in [-0.2, 0) is 12.8 Å². The van der Waals surface area contributed by atoms with E-state index < -0.39 is 0 Å². The Labute approximate surface area is 154 Å². The van der Waals surface area contributed by atoms with Crippen molar-refractivity contribution in [2.24, 2.45) is 0 Å². The van der Waals surface area contributed by atoms with Gasteiger partial charge in [-0.1, -0.05) is 0 Å². The molecule has 0 aromatic carbocycles. The molecule has 26 heavy (non-hydrogen) atoms. The van der Waals surface area contributed by atoms with Crippen molar-refractivity contribution in [3.05, 3.63) is 40.8 Å². The lowest BCUT2D eigenvalue weighted by molar-refractivity contribution is 0.0963. The molecule has 0 saturated heterocycles. The molecule has 0 radical (unpaired) electrons. The Hall–Kier alpha value is -2.70. The molecule has 0 aliphatic carbocycles. The van der Waals surface area contributed by atoms with Crippen LogP contribution in [0.5, 0.6) is 0 Å². The quantitative estimate of drug-likeness (QED) is 0.873. The molecule has 3 rings (SSSR count). The summed E-state index contributed by atoms with van der Waals surface area (Å²) in [5.74, 6) is 1.28. The molecular formula is C19H26N6O. The molecule has 0 saturated carbocycles. The minimum absolute atomic E-state index is 0.119. The van der Waals surface area contributed by atoms with Gasteiger partial charge in [0.2, 0.25) is 5.95 Å². The van der Waals surface area contributed by atoms with Crippen LogP contribution in [-0.4, -0.2) is 47.0 Å². The standard InChI is InChI=1S/C19H26N6O/c1-12(2)23-17-15(18(26)20-4)9-14-5-7-25(8-6-16(14)24-17)19-21-10-13(3)11-22-19/h9-12H,5-8H2,1-4H3,(H,20,26)(H,23,24). The molecule has 7 nitrogen and oxygen atoms in total. The van der Waals surface area contributed by atoms with Crippen LogP contribution in [0.3, 0.4) is 0 Å². The van der Waals surface area contributed by atoms with Crippen molar-refractivity contribution in [2.75, 3.05) is 30.4 Å². The van der Waals surface area contributed by atoms with Crippen molar-refractivity contribution >= 4 is 17.7 Å². The first-order valence-corrected chi connectivity index (χ1v) is 9.03. The van der Waals surface area contributed by atoms with Crippen LogP contribution in [0.1, 0.15) is 41.0 Å². The van der Waals surface area contributed by atoms with Gasteiger partial charge in [-0.15, -0.1) is 0 Å². The van der Waals surface area contributed by atoms with E-state index in [2.05, 4.69) is 25.5 Å². The molecule has 0 spiro atoms. The molecule has 0 atom stereocenters. The van der Waals surface area contributed by atoms with Gasteiger partial charge in [0.1, 0.15) is 5.82 Å². The predicted molar refractivity (Wildman–Crippen MR) is 103 cm³/mol. The Balaban J connectivity index is 1.89. The van der Waals surface area contributed by atoms with Crippen LogP contribution >= 0.6 is 0 Å². The molecule has 7 heteroatoms. The summed E-state index contributed by atoms with van der Waals surface area (Å²) in [6.07, 6.45) is 5.29. The lowest BCUT2D eigenvalue weighted by Crippen LogP contribution is -2.27. The Morgan fingerprint density at radius 2 is 1.88 bits per heavy atom. The van der Waals surface area contributed by atoms with Crippen molar-refractivity contribution in [1.82, 2.24) is 20.3 Å². The number of anilines is 2. The zero-order valence-electron chi connectivity index (χ0n) is 15.8. The molecule has 1 amide bonds. The highest BCUT2D eigenvalue weighted by Crippen LogP contribution is 2.23. The number of aromatic nitrogens is 3. The normalized spacial score (nSPS) is 14.0.